The first-order valence-electron chi connectivity index (χ1n) is 6.04. The Morgan fingerprint density at radius 2 is 1.21 bits per heavy atom. The van der Waals surface area contributed by atoms with Crippen LogP contribution in [0.2, 0.25) is 0 Å². The van der Waals surface area contributed by atoms with Crippen molar-refractivity contribution in [1.29, 1.82) is 0 Å². The molecule has 0 aliphatic rings. The normalized spacial score (nSPS) is 13.3. The highest BCUT2D eigenvalue weighted by atomic mass is 16.6. The number of carbonyl (C=O) groups is 2. The molecule has 0 bridgehead atoms. The molecule has 19 heavy (non-hydrogen) atoms. The Balaban J connectivity index is 3.84. The van der Waals surface area contributed by atoms with E-state index in [1.54, 1.807) is 27.7 Å². The van der Waals surface area contributed by atoms with E-state index in [2.05, 4.69) is 13.2 Å². The third kappa shape index (κ3) is 8.15. The molecule has 5 nitrogen and oxygen atoms in total. The lowest BCUT2D eigenvalue weighted by molar-refractivity contribution is -0.149. The standard InChI is InChI=1S/C14H22O5/c1-9(2)13(15)18-11(5)7-17-8-12(6)19-14(16)10(3)4/h11-12H,1,3,7-8H2,2,4-6H3. The summed E-state index contributed by atoms with van der Waals surface area (Å²) < 4.78 is 15.4. The molecule has 108 valence electrons. The van der Waals surface area contributed by atoms with Gasteiger partial charge in [0.1, 0.15) is 12.2 Å². The monoisotopic (exact) mass is 270 g/mol. The number of rotatable bonds is 8. The minimum Gasteiger partial charge on any atom is -0.457 e. The van der Waals surface area contributed by atoms with Crippen molar-refractivity contribution >= 4 is 11.9 Å². The van der Waals surface area contributed by atoms with Crippen LogP contribution in [0.25, 0.3) is 0 Å². The van der Waals surface area contributed by atoms with Crippen LogP contribution in [0.1, 0.15) is 27.7 Å². The summed E-state index contributed by atoms with van der Waals surface area (Å²) in [6.07, 6.45) is -0.763. The predicted octanol–water partition coefficient (Wildman–Crippen LogP) is 2.02. The molecular weight excluding hydrogens is 248 g/mol. The number of esters is 2. The predicted molar refractivity (Wildman–Crippen MR) is 71.6 cm³/mol. The van der Waals surface area contributed by atoms with E-state index in [1.807, 2.05) is 0 Å². The first-order chi connectivity index (χ1) is 8.73. The van der Waals surface area contributed by atoms with Crippen LogP contribution in [0.5, 0.6) is 0 Å². The molecule has 0 aromatic heterocycles. The molecule has 0 aliphatic carbocycles. The molecule has 0 fully saturated rings. The summed E-state index contributed by atoms with van der Waals surface area (Å²) in [4.78, 5) is 22.4. The highest BCUT2D eigenvalue weighted by Gasteiger charge is 2.13. The molecule has 0 spiro atoms. The fraction of sp³-hybridized carbons (Fsp3) is 0.571. The molecule has 0 amide bonds. The van der Waals surface area contributed by atoms with Crippen LogP contribution in [-0.2, 0) is 23.8 Å². The number of carbonyl (C=O) groups excluding carboxylic acids is 2. The number of ether oxygens (including phenoxy) is 3. The van der Waals surface area contributed by atoms with Crippen LogP contribution >= 0.6 is 0 Å². The molecule has 0 saturated heterocycles. The summed E-state index contributed by atoms with van der Waals surface area (Å²) in [5.41, 5.74) is 0.686. The van der Waals surface area contributed by atoms with Crippen LogP contribution in [0, 0.1) is 0 Å². The maximum atomic E-state index is 11.2. The number of hydrogen-bond donors (Lipinski definition) is 0. The SMILES string of the molecule is C=C(C)C(=O)OC(C)COCC(C)OC(=O)C(=C)C. The zero-order valence-electron chi connectivity index (χ0n) is 12.0. The van der Waals surface area contributed by atoms with Crippen molar-refractivity contribution in [1.82, 2.24) is 0 Å². The van der Waals surface area contributed by atoms with Crippen LogP contribution < -0.4 is 0 Å². The second kappa shape index (κ2) is 8.48. The Kier molecular flexibility index (Phi) is 7.75. The summed E-state index contributed by atoms with van der Waals surface area (Å²) >= 11 is 0. The summed E-state index contributed by atoms with van der Waals surface area (Å²) in [7, 11) is 0. The van der Waals surface area contributed by atoms with Crippen LogP contribution in [0.15, 0.2) is 24.3 Å². The highest BCUT2D eigenvalue weighted by Crippen LogP contribution is 2.02. The molecule has 2 atom stereocenters. The first kappa shape index (κ1) is 17.4. The van der Waals surface area contributed by atoms with Gasteiger partial charge in [-0.2, -0.15) is 0 Å². The minimum absolute atomic E-state index is 0.230. The number of hydrogen-bond acceptors (Lipinski definition) is 5. The van der Waals surface area contributed by atoms with Gasteiger partial charge in [-0.15, -0.1) is 0 Å². The quantitative estimate of drug-likeness (QED) is 0.499. The summed E-state index contributed by atoms with van der Waals surface area (Å²) in [6.45, 7) is 14.0. The van der Waals surface area contributed by atoms with E-state index in [9.17, 15) is 9.59 Å². The first-order valence-corrected chi connectivity index (χ1v) is 6.04. The van der Waals surface area contributed by atoms with Gasteiger partial charge in [-0.25, -0.2) is 9.59 Å². The van der Waals surface area contributed by atoms with Gasteiger partial charge in [0.05, 0.1) is 13.2 Å². The molecule has 2 unspecified atom stereocenters. The van der Waals surface area contributed by atoms with Crippen molar-refractivity contribution in [2.45, 2.75) is 39.9 Å². The minimum atomic E-state index is -0.446. The Labute approximate surface area is 114 Å². The third-order valence-electron chi connectivity index (χ3n) is 2.02. The van der Waals surface area contributed by atoms with Crippen molar-refractivity contribution < 1.29 is 23.8 Å². The molecule has 0 aromatic rings. The second-order valence-corrected chi connectivity index (χ2v) is 4.53. The van der Waals surface area contributed by atoms with Crippen LogP contribution in [-0.4, -0.2) is 37.4 Å². The van der Waals surface area contributed by atoms with E-state index in [1.165, 1.54) is 0 Å². The van der Waals surface area contributed by atoms with E-state index >= 15 is 0 Å². The van der Waals surface area contributed by atoms with Crippen molar-refractivity contribution in [3.05, 3.63) is 24.3 Å². The van der Waals surface area contributed by atoms with Gasteiger partial charge in [-0.05, 0) is 27.7 Å². The largest absolute Gasteiger partial charge is 0.457 e. The molecule has 0 rings (SSSR count). The molecular formula is C14H22O5. The maximum absolute atomic E-state index is 11.2. The fourth-order valence-electron chi connectivity index (χ4n) is 1.03. The lowest BCUT2D eigenvalue weighted by Gasteiger charge is -2.16. The zero-order chi connectivity index (χ0) is 15.0. The Morgan fingerprint density at radius 1 is 0.895 bits per heavy atom. The van der Waals surface area contributed by atoms with Gasteiger partial charge in [0, 0.05) is 11.1 Å². The molecule has 0 heterocycles. The second-order valence-electron chi connectivity index (χ2n) is 4.53. The van der Waals surface area contributed by atoms with Gasteiger partial charge < -0.3 is 14.2 Å². The maximum Gasteiger partial charge on any atom is 0.333 e. The van der Waals surface area contributed by atoms with Gasteiger partial charge in [0.15, 0.2) is 0 Å². The van der Waals surface area contributed by atoms with Gasteiger partial charge in [-0.1, -0.05) is 13.2 Å². The van der Waals surface area contributed by atoms with E-state index in [0.717, 1.165) is 0 Å². The van der Waals surface area contributed by atoms with Gasteiger partial charge in [0.2, 0.25) is 0 Å². The van der Waals surface area contributed by atoms with Crippen LogP contribution in [0.3, 0.4) is 0 Å². The van der Waals surface area contributed by atoms with Crippen molar-refractivity contribution in [2.24, 2.45) is 0 Å². The zero-order valence-corrected chi connectivity index (χ0v) is 12.0. The lowest BCUT2D eigenvalue weighted by Crippen LogP contribution is -2.25. The summed E-state index contributed by atoms with van der Waals surface area (Å²) in [5, 5.41) is 0. The Hall–Kier alpha value is -1.62. The van der Waals surface area contributed by atoms with Crippen molar-refractivity contribution in [3.63, 3.8) is 0 Å². The van der Waals surface area contributed by atoms with Gasteiger partial charge >= 0.3 is 11.9 Å². The van der Waals surface area contributed by atoms with E-state index in [4.69, 9.17) is 14.2 Å². The summed E-state index contributed by atoms with van der Waals surface area (Å²) in [6, 6.07) is 0. The van der Waals surface area contributed by atoms with E-state index in [0.29, 0.717) is 11.1 Å². The van der Waals surface area contributed by atoms with Crippen molar-refractivity contribution in [2.75, 3.05) is 13.2 Å². The molecule has 0 aromatic carbocycles. The summed E-state index contributed by atoms with van der Waals surface area (Å²) in [5.74, 6) is -0.893. The third-order valence-corrected chi connectivity index (χ3v) is 2.02. The van der Waals surface area contributed by atoms with Gasteiger partial charge in [0.25, 0.3) is 0 Å². The smallest absolute Gasteiger partial charge is 0.333 e. The van der Waals surface area contributed by atoms with Gasteiger partial charge in [-0.3, -0.25) is 0 Å². The topological polar surface area (TPSA) is 61.8 Å². The van der Waals surface area contributed by atoms with Crippen LogP contribution in [0.4, 0.5) is 0 Å². The fourth-order valence-corrected chi connectivity index (χ4v) is 1.03. The van der Waals surface area contributed by atoms with E-state index in [-0.39, 0.29) is 25.4 Å². The molecule has 0 aliphatic heterocycles. The molecule has 0 saturated carbocycles. The molecule has 0 radical (unpaired) electrons. The average molecular weight is 270 g/mol. The average Bonchev–Trinajstić information content (AvgIpc) is 2.28. The molecule has 5 heteroatoms. The lowest BCUT2D eigenvalue weighted by atomic mass is 10.3. The highest BCUT2D eigenvalue weighted by molar-refractivity contribution is 5.87. The molecule has 0 N–H and O–H groups in total. The van der Waals surface area contributed by atoms with Crippen molar-refractivity contribution in [3.8, 4) is 0 Å². The Bertz CT molecular complexity index is 325. The van der Waals surface area contributed by atoms with E-state index < -0.39 is 11.9 Å². The Morgan fingerprint density at radius 3 is 1.47 bits per heavy atom.